The van der Waals surface area contributed by atoms with Crippen LogP contribution in [0.15, 0.2) is 18.2 Å². The molecule has 2 heterocycles. The number of amides is 2. The number of carbonyl (C=O) groups excluding carboxylic acids is 2. The molecule has 6 heteroatoms. The lowest BCUT2D eigenvalue weighted by atomic mass is 10.0. The van der Waals surface area contributed by atoms with E-state index in [1.54, 1.807) is 0 Å². The van der Waals surface area contributed by atoms with E-state index in [0.29, 0.717) is 42.4 Å². The smallest absolute Gasteiger partial charge is 0.256 e. The minimum atomic E-state index is -0.0289. The summed E-state index contributed by atoms with van der Waals surface area (Å²) in [5, 5.41) is 0. The van der Waals surface area contributed by atoms with Gasteiger partial charge in [-0.25, -0.2) is 4.98 Å². The van der Waals surface area contributed by atoms with Gasteiger partial charge in [-0.3, -0.25) is 9.59 Å². The molecule has 2 fully saturated rings. The molecule has 144 valence electrons. The predicted molar refractivity (Wildman–Crippen MR) is 104 cm³/mol. The number of aromatic nitrogens is 2. The number of nitrogens with zero attached hydrogens (tertiary/aromatic N) is 3. The van der Waals surface area contributed by atoms with Gasteiger partial charge in [0.2, 0.25) is 5.91 Å². The molecule has 1 atom stereocenters. The van der Waals surface area contributed by atoms with Crippen LogP contribution >= 0.6 is 0 Å². The maximum Gasteiger partial charge on any atom is 0.256 e. The van der Waals surface area contributed by atoms with Crippen molar-refractivity contribution in [1.29, 1.82) is 0 Å². The van der Waals surface area contributed by atoms with Crippen molar-refractivity contribution in [3.05, 3.63) is 29.6 Å². The number of aromatic amines is 1. The van der Waals surface area contributed by atoms with Crippen LogP contribution in [0.2, 0.25) is 0 Å². The third-order valence-corrected chi connectivity index (χ3v) is 5.79. The van der Waals surface area contributed by atoms with E-state index in [1.165, 1.54) is 12.8 Å². The van der Waals surface area contributed by atoms with Crippen molar-refractivity contribution in [1.82, 2.24) is 19.8 Å². The van der Waals surface area contributed by atoms with Crippen molar-refractivity contribution in [3.8, 4) is 0 Å². The fraction of sp³-hybridized carbons (Fsp3) is 0.571. The molecule has 1 unspecified atom stereocenters. The largest absolute Gasteiger partial charge is 0.342 e. The van der Waals surface area contributed by atoms with Gasteiger partial charge in [0.15, 0.2) is 0 Å². The molecular weight excluding hydrogens is 340 g/mol. The highest BCUT2D eigenvalue weighted by Gasteiger charge is 2.37. The second kappa shape index (κ2) is 6.98. The van der Waals surface area contributed by atoms with Gasteiger partial charge in [0.05, 0.1) is 17.1 Å². The summed E-state index contributed by atoms with van der Waals surface area (Å²) in [6, 6.07) is 5.73. The molecule has 6 nitrogen and oxygen atoms in total. The zero-order valence-electron chi connectivity index (χ0n) is 16.4. The topological polar surface area (TPSA) is 69.3 Å². The molecule has 0 spiro atoms. The van der Waals surface area contributed by atoms with Crippen LogP contribution < -0.4 is 0 Å². The van der Waals surface area contributed by atoms with E-state index in [4.69, 9.17) is 0 Å². The highest BCUT2D eigenvalue weighted by atomic mass is 16.2. The standard InChI is InChI=1S/C21H28N4O2/c1-13(2)18-12-24(10-9-19(26)25(18)11-15-7-8-15)21(27)16-5-4-6-17-20(16)23-14(3)22-17/h4-6,13,15,18H,7-12H2,1-3H3,(H,22,23). The maximum absolute atomic E-state index is 13.3. The van der Waals surface area contributed by atoms with Crippen LogP contribution in [-0.4, -0.2) is 57.3 Å². The van der Waals surface area contributed by atoms with Crippen molar-refractivity contribution in [3.63, 3.8) is 0 Å². The molecule has 1 N–H and O–H groups in total. The van der Waals surface area contributed by atoms with Gasteiger partial charge in [-0.15, -0.1) is 0 Å². The zero-order valence-corrected chi connectivity index (χ0v) is 16.4. The molecule has 1 aliphatic heterocycles. The number of benzene rings is 1. The lowest BCUT2D eigenvalue weighted by molar-refractivity contribution is -0.133. The fourth-order valence-corrected chi connectivity index (χ4v) is 4.04. The molecule has 2 amide bonds. The van der Waals surface area contributed by atoms with Crippen LogP contribution in [0, 0.1) is 18.8 Å². The first-order valence-electron chi connectivity index (χ1n) is 9.98. The van der Waals surface area contributed by atoms with Crippen molar-refractivity contribution in [2.24, 2.45) is 11.8 Å². The minimum Gasteiger partial charge on any atom is -0.342 e. The molecule has 0 radical (unpaired) electrons. The van der Waals surface area contributed by atoms with E-state index in [1.807, 2.05) is 30.0 Å². The van der Waals surface area contributed by atoms with Crippen molar-refractivity contribution in [2.45, 2.75) is 46.1 Å². The van der Waals surface area contributed by atoms with Gasteiger partial charge in [0.25, 0.3) is 5.91 Å². The average Bonchev–Trinajstić information content (AvgIpc) is 3.39. The second-order valence-corrected chi connectivity index (χ2v) is 8.33. The Labute approximate surface area is 159 Å². The number of hydrogen-bond donors (Lipinski definition) is 1. The van der Waals surface area contributed by atoms with Gasteiger partial charge in [-0.05, 0) is 43.7 Å². The molecule has 1 aliphatic carbocycles. The van der Waals surface area contributed by atoms with Crippen molar-refractivity contribution < 1.29 is 9.59 Å². The minimum absolute atomic E-state index is 0.0289. The lowest BCUT2D eigenvalue weighted by Crippen LogP contribution is -2.48. The van der Waals surface area contributed by atoms with Crippen molar-refractivity contribution in [2.75, 3.05) is 19.6 Å². The first-order chi connectivity index (χ1) is 12.9. The van der Waals surface area contributed by atoms with E-state index < -0.39 is 0 Å². The van der Waals surface area contributed by atoms with E-state index in [0.717, 1.165) is 17.9 Å². The van der Waals surface area contributed by atoms with Gasteiger partial charge in [-0.1, -0.05) is 19.9 Å². The number of fused-ring (bicyclic) bond motifs is 1. The third kappa shape index (κ3) is 3.57. The maximum atomic E-state index is 13.3. The quantitative estimate of drug-likeness (QED) is 0.902. The number of carbonyl (C=O) groups is 2. The fourth-order valence-electron chi connectivity index (χ4n) is 4.04. The summed E-state index contributed by atoms with van der Waals surface area (Å²) in [7, 11) is 0. The average molecular weight is 368 g/mol. The Kier molecular flexibility index (Phi) is 4.66. The molecule has 1 aromatic carbocycles. The number of para-hydroxylation sites is 1. The van der Waals surface area contributed by atoms with E-state index in [9.17, 15) is 9.59 Å². The second-order valence-electron chi connectivity index (χ2n) is 8.33. The summed E-state index contributed by atoms with van der Waals surface area (Å²) in [6.45, 7) is 8.09. The monoisotopic (exact) mass is 368 g/mol. The summed E-state index contributed by atoms with van der Waals surface area (Å²) < 4.78 is 0. The normalized spacial score (nSPS) is 21.2. The van der Waals surface area contributed by atoms with Crippen LogP contribution in [0.3, 0.4) is 0 Å². The summed E-state index contributed by atoms with van der Waals surface area (Å²) in [6.07, 6.45) is 2.84. The Hall–Kier alpha value is -2.37. The molecular formula is C21H28N4O2. The Balaban J connectivity index is 1.62. The number of rotatable bonds is 4. The van der Waals surface area contributed by atoms with Crippen LogP contribution in [0.25, 0.3) is 11.0 Å². The van der Waals surface area contributed by atoms with Crippen molar-refractivity contribution >= 4 is 22.8 Å². The van der Waals surface area contributed by atoms with Gasteiger partial charge in [0, 0.05) is 26.1 Å². The summed E-state index contributed by atoms with van der Waals surface area (Å²) in [4.78, 5) is 37.7. The van der Waals surface area contributed by atoms with Crippen LogP contribution in [-0.2, 0) is 4.79 Å². The van der Waals surface area contributed by atoms with Crippen LogP contribution in [0.4, 0.5) is 0 Å². The number of nitrogens with one attached hydrogen (secondary N) is 1. The molecule has 2 aromatic rings. The van der Waals surface area contributed by atoms with E-state index >= 15 is 0 Å². The van der Waals surface area contributed by atoms with Gasteiger partial charge >= 0.3 is 0 Å². The molecule has 2 aliphatic rings. The molecule has 27 heavy (non-hydrogen) atoms. The zero-order chi connectivity index (χ0) is 19.1. The van der Waals surface area contributed by atoms with Crippen LogP contribution in [0.5, 0.6) is 0 Å². The number of aryl methyl sites for hydroxylation is 1. The predicted octanol–water partition coefficient (Wildman–Crippen LogP) is 2.98. The number of imidazole rings is 1. The first kappa shape index (κ1) is 18.0. The Morgan fingerprint density at radius 2 is 2.11 bits per heavy atom. The lowest BCUT2D eigenvalue weighted by Gasteiger charge is -2.34. The van der Waals surface area contributed by atoms with Gasteiger partial charge < -0.3 is 14.8 Å². The molecule has 1 saturated carbocycles. The summed E-state index contributed by atoms with van der Waals surface area (Å²) in [5.41, 5.74) is 2.20. The van der Waals surface area contributed by atoms with E-state index in [2.05, 4.69) is 28.7 Å². The first-order valence-corrected chi connectivity index (χ1v) is 9.98. The summed E-state index contributed by atoms with van der Waals surface area (Å²) >= 11 is 0. The highest BCUT2D eigenvalue weighted by Crippen LogP contribution is 2.32. The SMILES string of the molecule is Cc1nc2c(C(=O)N3CCC(=O)N(CC4CC4)C(C(C)C)C3)cccc2[nH]1. The summed E-state index contributed by atoms with van der Waals surface area (Å²) in [5.74, 6) is 1.92. The molecule has 1 aromatic heterocycles. The van der Waals surface area contributed by atoms with Crippen LogP contribution in [0.1, 0.15) is 49.3 Å². The van der Waals surface area contributed by atoms with E-state index in [-0.39, 0.29) is 17.9 Å². The Morgan fingerprint density at radius 1 is 1.33 bits per heavy atom. The van der Waals surface area contributed by atoms with Gasteiger partial charge in [-0.2, -0.15) is 0 Å². The highest BCUT2D eigenvalue weighted by molar-refractivity contribution is 6.05. The molecule has 4 rings (SSSR count). The molecule has 1 saturated heterocycles. The number of H-pyrrole nitrogens is 1. The Morgan fingerprint density at radius 3 is 2.81 bits per heavy atom. The third-order valence-electron chi connectivity index (χ3n) is 5.79. The molecule has 0 bridgehead atoms. The number of hydrogen-bond acceptors (Lipinski definition) is 3. The Bertz CT molecular complexity index is 868. The van der Waals surface area contributed by atoms with Gasteiger partial charge in [0.1, 0.15) is 11.3 Å².